The van der Waals surface area contributed by atoms with Gasteiger partial charge in [0.1, 0.15) is 0 Å². The first kappa shape index (κ1) is 13.2. The van der Waals surface area contributed by atoms with Crippen molar-refractivity contribution in [2.45, 2.75) is 34.1 Å². The van der Waals surface area contributed by atoms with Gasteiger partial charge in [-0.2, -0.15) is 0 Å². The highest BCUT2D eigenvalue weighted by molar-refractivity contribution is 9.10. The van der Waals surface area contributed by atoms with Crippen LogP contribution in [0, 0.1) is 19.8 Å². The highest BCUT2D eigenvalue weighted by atomic mass is 79.9. The van der Waals surface area contributed by atoms with Gasteiger partial charge in [-0.15, -0.1) is 0 Å². The van der Waals surface area contributed by atoms with Crippen molar-refractivity contribution < 1.29 is 4.79 Å². The van der Waals surface area contributed by atoms with Crippen LogP contribution in [0.25, 0.3) is 0 Å². The number of rotatable bonds is 3. The Kier molecular flexibility index (Phi) is 4.54. The minimum absolute atomic E-state index is 0.0719. The molecule has 0 spiro atoms. The van der Waals surface area contributed by atoms with Crippen LogP contribution in [0.15, 0.2) is 16.6 Å². The lowest BCUT2D eigenvalue weighted by molar-refractivity contribution is -0.116. The average molecular weight is 284 g/mol. The Morgan fingerprint density at radius 2 is 2.00 bits per heavy atom. The molecule has 1 aromatic carbocycles. The Morgan fingerprint density at radius 3 is 2.50 bits per heavy atom. The Hall–Kier alpha value is -0.830. The van der Waals surface area contributed by atoms with Crippen LogP contribution in [0.5, 0.6) is 0 Å². The number of carbonyl (C=O) groups is 1. The summed E-state index contributed by atoms with van der Waals surface area (Å²) < 4.78 is 0.946. The molecule has 1 N–H and O–H groups in total. The van der Waals surface area contributed by atoms with Gasteiger partial charge in [0.15, 0.2) is 0 Å². The van der Waals surface area contributed by atoms with E-state index in [2.05, 4.69) is 27.3 Å². The van der Waals surface area contributed by atoms with Crippen molar-refractivity contribution in [2.75, 3.05) is 5.32 Å². The zero-order valence-electron chi connectivity index (χ0n) is 10.2. The molecule has 0 saturated heterocycles. The summed E-state index contributed by atoms with van der Waals surface area (Å²) in [6.07, 6.45) is 0.555. The number of hydrogen-bond donors (Lipinski definition) is 1. The van der Waals surface area contributed by atoms with Crippen molar-refractivity contribution in [1.29, 1.82) is 0 Å². The second-order valence-corrected chi connectivity index (χ2v) is 5.44. The van der Waals surface area contributed by atoms with Crippen molar-refractivity contribution in [2.24, 2.45) is 5.92 Å². The van der Waals surface area contributed by atoms with Crippen molar-refractivity contribution >= 4 is 27.5 Å². The summed E-state index contributed by atoms with van der Waals surface area (Å²) in [5.41, 5.74) is 3.16. The maximum absolute atomic E-state index is 11.7. The van der Waals surface area contributed by atoms with E-state index in [1.807, 2.05) is 33.8 Å². The predicted molar refractivity (Wildman–Crippen MR) is 71.7 cm³/mol. The van der Waals surface area contributed by atoms with Gasteiger partial charge < -0.3 is 5.32 Å². The molecule has 16 heavy (non-hydrogen) atoms. The quantitative estimate of drug-likeness (QED) is 0.891. The molecule has 0 atom stereocenters. The summed E-state index contributed by atoms with van der Waals surface area (Å²) >= 11 is 3.48. The van der Waals surface area contributed by atoms with E-state index in [0.29, 0.717) is 12.3 Å². The van der Waals surface area contributed by atoms with Crippen LogP contribution in [0.2, 0.25) is 0 Å². The van der Waals surface area contributed by atoms with Gasteiger partial charge in [-0.3, -0.25) is 4.79 Å². The van der Waals surface area contributed by atoms with Gasteiger partial charge >= 0.3 is 0 Å². The lowest BCUT2D eigenvalue weighted by atomic mass is 10.1. The summed E-state index contributed by atoms with van der Waals surface area (Å²) in [7, 11) is 0. The number of halogens is 1. The highest BCUT2D eigenvalue weighted by Crippen LogP contribution is 2.28. The van der Waals surface area contributed by atoms with Gasteiger partial charge in [-0.05, 0) is 52.9 Å². The van der Waals surface area contributed by atoms with Crippen LogP contribution in [0.4, 0.5) is 5.69 Å². The van der Waals surface area contributed by atoms with Gasteiger partial charge in [0.05, 0.1) is 5.69 Å². The Bertz CT molecular complexity index is 376. The van der Waals surface area contributed by atoms with E-state index in [1.165, 1.54) is 5.56 Å². The van der Waals surface area contributed by atoms with Crippen LogP contribution in [-0.4, -0.2) is 5.91 Å². The van der Waals surface area contributed by atoms with E-state index >= 15 is 0 Å². The summed E-state index contributed by atoms with van der Waals surface area (Å²) in [4.78, 5) is 11.7. The van der Waals surface area contributed by atoms with E-state index in [9.17, 15) is 4.79 Å². The van der Waals surface area contributed by atoms with Crippen molar-refractivity contribution in [3.8, 4) is 0 Å². The summed E-state index contributed by atoms with van der Waals surface area (Å²) in [6, 6.07) is 4.08. The molecule has 2 nitrogen and oxygen atoms in total. The third-order valence-electron chi connectivity index (χ3n) is 2.29. The number of nitrogens with one attached hydrogen (secondary N) is 1. The van der Waals surface area contributed by atoms with E-state index in [-0.39, 0.29) is 5.91 Å². The third-order valence-corrected chi connectivity index (χ3v) is 2.92. The van der Waals surface area contributed by atoms with Gasteiger partial charge in [-0.1, -0.05) is 19.9 Å². The smallest absolute Gasteiger partial charge is 0.224 e. The van der Waals surface area contributed by atoms with Crippen LogP contribution in [0.1, 0.15) is 31.4 Å². The number of amides is 1. The van der Waals surface area contributed by atoms with Gasteiger partial charge in [-0.25, -0.2) is 0 Å². The Labute approximate surface area is 106 Å². The molecule has 0 aromatic heterocycles. The van der Waals surface area contributed by atoms with Gasteiger partial charge in [0, 0.05) is 10.9 Å². The van der Waals surface area contributed by atoms with Gasteiger partial charge in [0.25, 0.3) is 0 Å². The summed E-state index contributed by atoms with van der Waals surface area (Å²) in [6.45, 7) is 8.12. The molecule has 0 unspecified atom stereocenters. The summed E-state index contributed by atoms with van der Waals surface area (Å²) in [5, 5.41) is 2.95. The molecule has 1 rings (SSSR count). The number of hydrogen-bond acceptors (Lipinski definition) is 1. The predicted octanol–water partition coefficient (Wildman–Crippen LogP) is 4.05. The number of benzene rings is 1. The molecule has 1 amide bonds. The SMILES string of the molecule is Cc1cc(C)c(NC(=O)CC(C)C)c(Br)c1. The number of carbonyl (C=O) groups excluding carboxylic acids is 1. The molecule has 0 saturated carbocycles. The topological polar surface area (TPSA) is 29.1 Å². The largest absolute Gasteiger partial charge is 0.325 e. The second-order valence-electron chi connectivity index (χ2n) is 4.58. The van der Waals surface area contributed by atoms with Crippen LogP contribution in [0.3, 0.4) is 0 Å². The zero-order chi connectivity index (χ0) is 12.3. The molecule has 0 heterocycles. The van der Waals surface area contributed by atoms with Crippen LogP contribution >= 0.6 is 15.9 Å². The molecule has 0 aliphatic carbocycles. The Balaban J connectivity index is 2.85. The molecular formula is C13H18BrNO. The molecule has 3 heteroatoms. The minimum atomic E-state index is 0.0719. The molecule has 0 aliphatic heterocycles. The van der Waals surface area contributed by atoms with Crippen molar-refractivity contribution in [3.63, 3.8) is 0 Å². The number of aryl methyl sites for hydroxylation is 2. The molecule has 88 valence electrons. The van der Waals surface area contributed by atoms with Crippen LogP contribution in [-0.2, 0) is 4.79 Å². The Morgan fingerprint density at radius 1 is 1.38 bits per heavy atom. The lowest BCUT2D eigenvalue weighted by Gasteiger charge is -2.12. The average Bonchev–Trinajstić information content (AvgIpc) is 2.09. The fraction of sp³-hybridized carbons (Fsp3) is 0.462. The summed E-state index contributed by atoms with van der Waals surface area (Å²) in [5.74, 6) is 0.451. The molecule has 0 aliphatic rings. The second kappa shape index (κ2) is 5.48. The third kappa shape index (κ3) is 3.63. The first-order chi connectivity index (χ1) is 7.40. The first-order valence-corrected chi connectivity index (χ1v) is 6.26. The first-order valence-electron chi connectivity index (χ1n) is 5.46. The molecule has 0 bridgehead atoms. The molecule has 1 aromatic rings. The fourth-order valence-electron chi connectivity index (χ4n) is 1.64. The fourth-order valence-corrected chi connectivity index (χ4v) is 2.41. The van der Waals surface area contributed by atoms with Crippen molar-refractivity contribution in [3.05, 3.63) is 27.7 Å². The maximum atomic E-state index is 11.7. The van der Waals surface area contributed by atoms with Gasteiger partial charge in [0.2, 0.25) is 5.91 Å². The zero-order valence-corrected chi connectivity index (χ0v) is 11.8. The highest BCUT2D eigenvalue weighted by Gasteiger charge is 2.10. The van der Waals surface area contributed by atoms with E-state index < -0.39 is 0 Å². The van der Waals surface area contributed by atoms with Crippen molar-refractivity contribution in [1.82, 2.24) is 0 Å². The standard InChI is InChI=1S/C13H18BrNO/c1-8(2)5-12(16)15-13-10(4)6-9(3)7-11(13)14/h6-8H,5H2,1-4H3,(H,15,16). The normalized spacial score (nSPS) is 10.6. The molecule has 0 fully saturated rings. The van der Waals surface area contributed by atoms with E-state index in [4.69, 9.17) is 0 Å². The maximum Gasteiger partial charge on any atom is 0.224 e. The van der Waals surface area contributed by atoms with E-state index in [1.54, 1.807) is 0 Å². The molecule has 0 radical (unpaired) electrons. The minimum Gasteiger partial charge on any atom is -0.325 e. The monoisotopic (exact) mass is 283 g/mol. The molecular weight excluding hydrogens is 266 g/mol. The number of anilines is 1. The van der Waals surface area contributed by atoms with Crippen LogP contribution < -0.4 is 5.32 Å². The van der Waals surface area contributed by atoms with E-state index in [0.717, 1.165) is 15.7 Å². The lowest BCUT2D eigenvalue weighted by Crippen LogP contribution is -2.15.